The Hall–Kier alpha value is -0.580. The second-order valence-corrected chi connectivity index (χ2v) is 9.67. The van der Waals surface area contributed by atoms with E-state index >= 15 is 0 Å². The summed E-state index contributed by atoms with van der Waals surface area (Å²) in [7, 11) is 0. The van der Waals surface area contributed by atoms with Crippen molar-refractivity contribution in [1.29, 1.82) is 0 Å². The fraction of sp³-hybridized carbons (Fsp3) is 0.739. The molecule has 0 bridgehead atoms. The normalized spacial score (nSPS) is 25.4. The number of hydrogen-bond donors (Lipinski definition) is 1. The Bertz CT molecular complexity index is 600. The first kappa shape index (κ1) is 21.1. The number of piperidine rings is 2. The van der Waals surface area contributed by atoms with Crippen molar-refractivity contribution in [3.8, 4) is 5.75 Å². The minimum Gasteiger partial charge on any atom is -0.485 e. The molecule has 1 aromatic rings. The van der Waals surface area contributed by atoms with Gasteiger partial charge in [0.1, 0.15) is 11.4 Å². The van der Waals surface area contributed by atoms with Crippen LogP contribution in [-0.4, -0.2) is 43.2 Å². The SMILES string of the molecule is C1CCNCC1.Cc1c(C)c2c(c(C)c1Br)CC(C)(CN1CCCCC1)O2. The lowest BCUT2D eigenvalue weighted by Crippen LogP contribution is -2.46. The summed E-state index contributed by atoms with van der Waals surface area (Å²) >= 11 is 3.75. The molecule has 1 aromatic carbocycles. The van der Waals surface area contributed by atoms with Crippen molar-refractivity contribution in [2.45, 2.75) is 78.2 Å². The van der Waals surface area contributed by atoms with Gasteiger partial charge in [0.15, 0.2) is 0 Å². The van der Waals surface area contributed by atoms with Gasteiger partial charge < -0.3 is 10.1 Å². The monoisotopic (exact) mass is 436 g/mol. The van der Waals surface area contributed by atoms with Gasteiger partial charge in [0, 0.05) is 23.0 Å². The molecule has 0 aromatic heterocycles. The molecule has 0 radical (unpaired) electrons. The summed E-state index contributed by atoms with van der Waals surface area (Å²) in [6.07, 6.45) is 9.31. The van der Waals surface area contributed by atoms with E-state index < -0.39 is 0 Å². The van der Waals surface area contributed by atoms with E-state index in [1.54, 1.807) is 0 Å². The zero-order valence-electron chi connectivity index (χ0n) is 17.7. The van der Waals surface area contributed by atoms with Crippen LogP contribution in [0.25, 0.3) is 0 Å². The van der Waals surface area contributed by atoms with E-state index in [0.717, 1.165) is 18.7 Å². The summed E-state index contributed by atoms with van der Waals surface area (Å²) in [5.41, 5.74) is 5.31. The average molecular weight is 437 g/mol. The predicted octanol–water partition coefficient (Wildman–Crippen LogP) is 5.31. The van der Waals surface area contributed by atoms with Crippen molar-refractivity contribution < 1.29 is 4.74 Å². The maximum Gasteiger partial charge on any atom is 0.127 e. The molecule has 2 saturated heterocycles. The summed E-state index contributed by atoms with van der Waals surface area (Å²) in [6.45, 7) is 14.9. The van der Waals surface area contributed by atoms with Crippen LogP contribution in [0.15, 0.2) is 4.47 Å². The smallest absolute Gasteiger partial charge is 0.127 e. The van der Waals surface area contributed by atoms with Gasteiger partial charge in [-0.25, -0.2) is 0 Å². The number of benzene rings is 1. The number of fused-ring (bicyclic) bond motifs is 1. The molecule has 4 rings (SSSR count). The number of nitrogens with one attached hydrogen (secondary N) is 1. The molecule has 3 nitrogen and oxygen atoms in total. The Kier molecular flexibility index (Phi) is 7.26. The van der Waals surface area contributed by atoms with Crippen LogP contribution in [0.3, 0.4) is 0 Å². The van der Waals surface area contributed by atoms with Crippen molar-refractivity contribution >= 4 is 15.9 Å². The summed E-state index contributed by atoms with van der Waals surface area (Å²) < 4.78 is 7.74. The first-order valence-corrected chi connectivity index (χ1v) is 11.6. The highest BCUT2D eigenvalue weighted by Gasteiger charge is 2.39. The van der Waals surface area contributed by atoms with Crippen molar-refractivity contribution in [3.05, 3.63) is 26.7 Å². The zero-order chi connectivity index (χ0) is 19.4. The van der Waals surface area contributed by atoms with E-state index in [9.17, 15) is 0 Å². The Morgan fingerprint density at radius 2 is 1.56 bits per heavy atom. The molecule has 1 atom stereocenters. The average Bonchev–Trinajstić information content (AvgIpc) is 3.05. The number of likely N-dealkylation sites (tertiary alicyclic amines) is 1. The van der Waals surface area contributed by atoms with Crippen LogP contribution in [-0.2, 0) is 6.42 Å². The van der Waals surface area contributed by atoms with Crippen molar-refractivity contribution in [1.82, 2.24) is 10.2 Å². The minimum absolute atomic E-state index is 0.0670. The minimum atomic E-state index is -0.0670. The Balaban J connectivity index is 0.000000299. The number of nitrogens with zero attached hydrogens (tertiary/aromatic N) is 1. The molecule has 0 saturated carbocycles. The van der Waals surface area contributed by atoms with Gasteiger partial charge in [-0.05, 0) is 96.2 Å². The molecule has 0 spiro atoms. The maximum absolute atomic E-state index is 6.48. The molecule has 3 aliphatic rings. The molecule has 0 amide bonds. The summed E-state index contributed by atoms with van der Waals surface area (Å²) in [5.74, 6) is 1.15. The van der Waals surface area contributed by atoms with Crippen LogP contribution < -0.4 is 10.1 Å². The van der Waals surface area contributed by atoms with E-state index in [0.29, 0.717) is 0 Å². The van der Waals surface area contributed by atoms with Gasteiger partial charge in [0.25, 0.3) is 0 Å². The second-order valence-electron chi connectivity index (χ2n) is 8.87. The van der Waals surface area contributed by atoms with Crippen molar-refractivity contribution in [2.24, 2.45) is 0 Å². The van der Waals surface area contributed by atoms with Crippen LogP contribution in [0.4, 0.5) is 0 Å². The lowest BCUT2D eigenvalue weighted by Gasteiger charge is -2.34. The Labute approximate surface area is 174 Å². The van der Waals surface area contributed by atoms with E-state index in [1.807, 2.05) is 0 Å². The van der Waals surface area contributed by atoms with Gasteiger partial charge in [-0.15, -0.1) is 0 Å². The highest BCUT2D eigenvalue weighted by atomic mass is 79.9. The predicted molar refractivity (Wildman–Crippen MR) is 118 cm³/mol. The lowest BCUT2D eigenvalue weighted by atomic mass is 9.92. The largest absolute Gasteiger partial charge is 0.485 e. The molecular weight excluding hydrogens is 400 g/mol. The quantitative estimate of drug-likeness (QED) is 0.678. The lowest BCUT2D eigenvalue weighted by molar-refractivity contribution is 0.0549. The summed E-state index contributed by atoms with van der Waals surface area (Å²) in [5, 5.41) is 3.28. The molecule has 3 heterocycles. The first-order chi connectivity index (χ1) is 12.9. The van der Waals surface area contributed by atoms with Gasteiger partial charge in [-0.3, -0.25) is 4.90 Å². The molecule has 2 fully saturated rings. The van der Waals surface area contributed by atoms with E-state index in [-0.39, 0.29) is 5.60 Å². The van der Waals surface area contributed by atoms with Crippen LogP contribution in [0.5, 0.6) is 5.75 Å². The topological polar surface area (TPSA) is 24.5 Å². The van der Waals surface area contributed by atoms with Crippen LogP contribution in [0, 0.1) is 20.8 Å². The van der Waals surface area contributed by atoms with Crippen LogP contribution in [0.1, 0.15) is 67.7 Å². The molecule has 1 N–H and O–H groups in total. The molecule has 0 aliphatic carbocycles. The highest BCUT2D eigenvalue weighted by molar-refractivity contribution is 9.10. The molecule has 152 valence electrons. The molecule has 1 unspecified atom stereocenters. The third-order valence-electron chi connectivity index (χ3n) is 6.40. The number of halogens is 1. The van der Waals surface area contributed by atoms with Crippen molar-refractivity contribution in [3.63, 3.8) is 0 Å². The van der Waals surface area contributed by atoms with E-state index in [4.69, 9.17) is 4.74 Å². The van der Waals surface area contributed by atoms with Gasteiger partial charge in [0.05, 0.1) is 0 Å². The van der Waals surface area contributed by atoms with E-state index in [2.05, 4.69) is 53.8 Å². The zero-order valence-corrected chi connectivity index (χ0v) is 19.3. The second kappa shape index (κ2) is 9.28. The van der Waals surface area contributed by atoms with Crippen molar-refractivity contribution in [2.75, 3.05) is 32.7 Å². The van der Waals surface area contributed by atoms with Gasteiger partial charge in [0.2, 0.25) is 0 Å². The van der Waals surface area contributed by atoms with Crippen LogP contribution in [0.2, 0.25) is 0 Å². The van der Waals surface area contributed by atoms with E-state index in [1.165, 1.54) is 91.4 Å². The fourth-order valence-corrected chi connectivity index (χ4v) is 5.17. The van der Waals surface area contributed by atoms with Gasteiger partial charge in [-0.1, -0.05) is 28.8 Å². The highest BCUT2D eigenvalue weighted by Crippen LogP contribution is 2.44. The molecule has 27 heavy (non-hydrogen) atoms. The standard InChI is InChI=1S/C18H26BrNO.C5H11N/c1-12-13(2)17-15(14(3)16(12)19)10-18(4,21-17)11-20-8-6-5-7-9-20;1-2-4-6-5-3-1/h5-11H2,1-4H3;6H,1-5H2. The summed E-state index contributed by atoms with van der Waals surface area (Å²) in [6, 6.07) is 0. The summed E-state index contributed by atoms with van der Waals surface area (Å²) in [4.78, 5) is 2.59. The fourth-order valence-electron chi connectivity index (χ4n) is 4.63. The van der Waals surface area contributed by atoms with Gasteiger partial charge in [-0.2, -0.15) is 0 Å². The maximum atomic E-state index is 6.48. The van der Waals surface area contributed by atoms with Crippen LogP contribution >= 0.6 is 15.9 Å². The third kappa shape index (κ3) is 5.07. The third-order valence-corrected chi connectivity index (χ3v) is 7.59. The first-order valence-electron chi connectivity index (χ1n) is 10.8. The van der Waals surface area contributed by atoms with Gasteiger partial charge >= 0.3 is 0 Å². The molecular formula is C23H37BrN2O. The number of ether oxygens (including phenoxy) is 1. The molecule has 4 heteroatoms. The number of rotatable bonds is 2. The Morgan fingerprint density at radius 1 is 0.926 bits per heavy atom. The molecule has 3 aliphatic heterocycles. The number of hydrogen-bond acceptors (Lipinski definition) is 3. The Morgan fingerprint density at radius 3 is 2.11 bits per heavy atom.